The highest BCUT2D eigenvalue weighted by molar-refractivity contribution is 6.43. The van der Waals surface area contributed by atoms with Gasteiger partial charge in [-0.05, 0) is 19.1 Å². The van der Waals surface area contributed by atoms with Crippen LogP contribution in [0.3, 0.4) is 0 Å². The quantitative estimate of drug-likeness (QED) is 0.466. The van der Waals surface area contributed by atoms with Gasteiger partial charge in [-0.15, -0.1) is 5.10 Å². The summed E-state index contributed by atoms with van der Waals surface area (Å²) < 4.78 is 4.68. The third-order valence-corrected chi connectivity index (χ3v) is 2.07. The number of para-hydroxylation sites is 1. The number of carbonyl (C=O) groups excluding carboxylic acids is 2. The summed E-state index contributed by atoms with van der Waals surface area (Å²) in [6.07, 6.45) is 0. The van der Waals surface area contributed by atoms with Crippen LogP contribution in [0.1, 0.15) is 13.8 Å². The van der Waals surface area contributed by atoms with Crippen LogP contribution in [-0.4, -0.2) is 24.2 Å². The number of rotatable bonds is 4. The molecule has 0 atom stereocenters. The molecule has 0 aromatic heterocycles. The summed E-state index contributed by atoms with van der Waals surface area (Å²) >= 11 is 0. The largest absolute Gasteiger partial charge is 0.461 e. The fourth-order valence-electron chi connectivity index (χ4n) is 1.29. The summed E-state index contributed by atoms with van der Waals surface area (Å²) in [5.74, 6) is -1.27. The van der Waals surface area contributed by atoms with E-state index in [0.29, 0.717) is 5.69 Å². The van der Waals surface area contributed by atoms with E-state index in [2.05, 4.69) is 9.84 Å². The van der Waals surface area contributed by atoms with Gasteiger partial charge in [-0.25, -0.2) is 4.79 Å². The van der Waals surface area contributed by atoms with E-state index in [-0.39, 0.29) is 6.61 Å². The Morgan fingerprint density at radius 1 is 1.37 bits per heavy atom. The smallest absolute Gasteiger partial charge is 0.369 e. The Bertz CT molecular complexity index is 532. The molecule has 0 heterocycles. The molecule has 0 aliphatic rings. The number of hydrazone groups is 1. The maximum absolute atomic E-state index is 11.5. The molecule has 0 unspecified atom stereocenters. The molecule has 0 N–H and O–H groups in total. The second kappa shape index (κ2) is 6.91. The fourth-order valence-corrected chi connectivity index (χ4v) is 1.29. The van der Waals surface area contributed by atoms with Crippen molar-refractivity contribution in [2.75, 3.05) is 11.6 Å². The van der Waals surface area contributed by atoms with Crippen LogP contribution in [0.5, 0.6) is 0 Å². The van der Waals surface area contributed by atoms with Crippen molar-refractivity contribution in [1.29, 1.82) is 5.26 Å². The first-order valence-corrected chi connectivity index (χ1v) is 5.61. The van der Waals surface area contributed by atoms with Crippen molar-refractivity contribution in [2.24, 2.45) is 5.10 Å². The number of amides is 1. The van der Waals surface area contributed by atoms with Crippen molar-refractivity contribution in [3.8, 4) is 6.07 Å². The lowest BCUT2D eigenvalue weighted by atomic mass is 10.3. The zero-order chi connectivity index (χ0) is 14.3. The molecular weight excluding hydrogens is 246 g/mol. The molecule has 6 heteroatoms. The molecule has 19 heavy (non-hydrogen) atoms. The molecule has 0 saturated carbocycles. The van der Waals surface area contributed by atoms with Gasteiger partial charge in [0.2, 0.25) is 11.6 Å². The maximum Gasteiger partial charge on any atom is 0.369 e. The van der Waals surface area contributed by atoms with Crippen LogP contribution in [0.15, 0.2) is 35.4 Å². The Labute approximate surface area is 110 Å². The number of nitriles is 1. The molecule has 0 aliphatic carbocycles. The van der Waals surface area contributed by atoms with Crippen molar-refractivity contribution in [1.82, 2.24) is 0 Å². The molecule has 0 fully saturated rings. The van der Waals surface area contributed by atoms with E-state index in [1.807, 2.05) is 0 Å². The average molecular weight is 259 g/mol. The number of benzene rings is 1. The molecule has 0 bridgehead atoms. The molecule has 0 saturated heterocycles. The maximum atomic E-state index is 11.5. The van der Waals surface area contributed by atoms with Gasteiger partial charge >= 0.3 is 5.97 Å². The van der Waals surface area contributed by atoms with E-state index >= 15 is 0 Å². The fraction of sp³-hybridized carbons (Fsp3) is 0.231. The first-order chi connectivity index (χ1) is 9.10. The average Bonchev–Trinajstić information content (AvgIpc) is 2.40. The highest BCUT2D eigenvalue weighted by Gasteiger charge is 2.17. The minimum atomic E-state index is -0.854. The van der Waals surface area contributed by atoms with E-state index in [1.54, 1.807) is 43.3 Å². The Morgan fingerprint density at radius 2 is 2.00 bits per heavy atom. The van der Waals surface area contributed by atoms with Crippen LogP contribution >= 0.6 is 0 Å². The zero-order valence-electron chi connectivity index (χ0n) is 10.7. The van der Waals surface area contributed by atoms with Gasteiger partial charge in [0.25, 0.3) is 0 Å². The monoisotopic (exact) mass is 259 g/mol. The normalized spacial score (nSPS) is 10.5. The lowest BCUT2D eigenvalue weighted by Crippen LogP contribution is -2.27. The van der Waals surface area contributed by atoms with E-state index < -0.39 is 17.6 Å². The van der Waals surface area contributed by atoms with Crippen LogP contribution in [0, 0.1) is 11.3 Å². The van der Waals surface area contributed by atoms with E-state index in [4.69, 9.17) is 5.26 Å². The van der Waals surface area contributed by atoms with Gasteiger partial charge in [-0.3, -0.25) is 4.79 Å². The third kappa shape index (κ3) is 3.92. The molecule has 1 aromatic carbocycles. The van der Waals surface area contributed by atoms with Crippen molar-refractivity contribution in [2.45, 2.75) is 13.8 Å². The summed E-state index contributed by atoms with van der Waals surface area (Å²) in [6, 6.07) is 10.1. The molecule has 0 radical (unpaired) electrons. The van der Waals surface area contributed by atoms with E-state index in [1.165, 1.54) is 6.92 Å². The topological polar surface area (TPSA) is 82.8 Å². The van der Waals surface area contributed by atoms with E-state index in [0.717, 1.165) is 5.01 Å². The number of hydrogen-bond donors (Lipinski definition) is 0. The second-order valence-electron chi connectivity index (χ2n) is 3.45. The van der Waals surface area contributed by atoms with Crippen molar-refractivity contribution in [3.63, 3.8) is 0 Å². The van der Waals surface area contributed by atoms with Gasteiger partial charge in [-0.1, -0.05) is 18.2 Å². The highest BCUT2D eigenvalue weighted by atomic mass is 16.5. The Balaban J connectivity index is 3.11. The van der Waals surface area contributed by atoms with Crippen LogP contribution in [0.2, 0.25) is 0 Å². The first kappa shape index (κ1) is 14.4. The van der Waals surface area contributed by atoms with Crippen molar-refractivity contribution in [3.05, 3.63) is 30.3 Å². The molecule has 0 spiro atoms. The minimum Gasteiger partial charge on any atom is -0.461 e. The van der Waals surface area contributed by atoms with Crippen LogP contribution in [-0.2, 0) is 14.3 Å². The zero-order valence-corrected chi connectivity index (χ0v) is 10.7. The van der Waals surface area contributed by atoms with Crippen molar-refractivity contribution < 1.29 is 14.3 Å². The van der Waals surface area contributed by atoms with Gasteiger partial charge < -0.3 is 4.74 Å². The standard InChI is InChI=1S/C13H13N3O3/c1-3-19-13(18)12(9-14)15-16(10(2)17)11-7-5-4-6-8-11/h4-8H,3H2,1-2H3. The summed E-state index contributed by atoms with van der Waals surface area (Å²) in [7, 11) is 0. The number of hydrogen-bond acceptors (Lipinski definition) is 5. The SMILES string of the molecule is CCOC(=O)C(C#N)=NN(C(C)=O)c1ccccc1. The number of anilines is 1. The molecule has 1 amide bonds. The Hall–Kier alpha value is -2.68. The summed E-state index contributed by atoms with van der Waals surface area (Å²) in [6.45, 7) is 3.04. The predicted octanol–water partition coefficient (Wildman–Crippen LogP) is 1.48. The molecule has 0 aliphatic heterocycles. The Morgan fingerprint density at radius 3 is 2.47 bits per heavy atom. The summed E-state index contributed by atoms with van der Waals surface area (Å²) in [4.78, 5) is 23.0. The molecule has 1 rings (SSSR count). The van der Waals surface area contributed by atoms with Crippen molar-refractivity contribution >= 4 is 23.3 Å². The molecule has 6 nitrogen and oxygen atoms in total. The lowest BCUT2D eigenvalue weighted by Gasteiger charge is -2.15. The molecule has 98 valence electrons. The lowest BCUT2D eigenvalue weighted by molar-refractivity contribution is -0.134. The van der Waals surface area contributed by atoms with Gasteiger partial charge in [0.15, 0.2) is 0 Å². The Kier molecular flexibility index (Phi) is 5.23. The second-order valence-corrected chi connectivity index (χ2v) is 3.45. The number of ether oxygens (including phenoxy) is 1. The van der Waals surface area contributed by atoms with Crippen LogP contribution in [0.4, 0.5) is 5.69 Å². The highest BCUT2D eigenvalue weighted by Crippen LogP contribution is 2.14. The van der Waals surface area contributed by atoms with Gasteiger partial charge in [-0.2, -0.15) is 10.3 Å². The summed E-state index contributed by atoms with van der Waals surface area (Å²) in [5, 5.41) is 13.6. The number of esters is 1. The predicted molar refractivity (Wildman–Crippen MR) is 69.3 cm³/mol. The third-order valence-electron chi connectivity index (χ3n) is 2.07. The van der Waals surface area contributed by atoms with Gasteiger partial charge in [0, 0.05) is 6.92 Å². The summed E-state index contributed by atoms with van der Waals surface area (Å²) in [5.41, 5.74) is -0.00653. The number of nitrogens with zero attached hydrogens (tertiary/aromatic N) is 3. The van der Waals surface area contributed by atoms with Crippen LogP contribution < -0.4 is 5.01 Å². The van der Waals surface area contributed by atoms with Crippen LogP contribution in [0.25, 0.3) is 0 Å². The minimum absolute atomic E-state index is 0.130. The molecule has 1 aromatic rings. The first-order valence-electron chi connectivity index (χ1n) is 5.61. The van der Waals surface area contributed by atoms with Gasteiger partial charge in [0.05, 0.1) is 12.3 Å². The van der Waals surface area contributed by atoms with Gasteiger partial charge in [0.1, 0.15) is 6.07 Å². The van der Waals surface area contributed by atoms with E-state index in [9.17, 15) is 9.59 Å². The molecular formula is C13H13N3O3. The number of carbonyl (C=O) groups is 2.